The third-order valence-electron chi connectivity index (χ3n) is 3.71. The third kappa shape index (κ3) is 2.05. The summed E-state index contributed by atoms with van der Waals surface area (Å²) >= 11 is 4.36. The number of hydrogen-bond donors (Lipinski definition) is 2. The summed E-state index contributed by atoms with van der Waals surface area (Å²) in [5, 5.41) is 3.09. The number of piperidine rings is 2. The summed E-state index contributed by atoms with van der Waals surface area (Å²) in [4.78, 5) is 16.0. The van der Waals surface area contributed by atoms with Gasteiger partial charge in [0.1, 0.15) is 5.69 Å². The molecule has 0 aromatic carbocycles. The Balaban J connectivity index is 1.64. The van der Waals surface area contributed by atoms with Crippen molar-refractivity contribution in [2.75, 3.05) is 13.1 Å². The Morgan fingerprint density at radius 3 is 2.82 bits per heavy atom. The fourth-order valence-corrected chi connectivity index (χ4v) is 3.24. The van der Waals surface area contributed by atoms with Gasteiger partial charge in [-0.25, -0.2) is 0 Å². The second-order valence-corrected chi connectivity index (χ2v) is 5.41. The van der Waals surface area contributed by atoms with Crippen LogP contribution < -0.4 is 5.32 Å². The molecule has 5 heteroatoms. The van der Waals surface area contributed by atoms with Gasteiger partial charge < -0.3 is 5.32 Å². The molecular weight excluding hydrogens is 234 g/mol. The first-order chi connectivity index (χ1) is 8.24. The maximum absolute atomic E-state index is 12.0. The van der Waals surface area contributed by atoms with Crippen molar-refractivity contribution in [3.05, 3.63) is 30.1 Å². The number of thiol groups is 1. The van der Waals surface area contributed by atoms with E-state index in [4.69, 9.17) is 0 Å². The zero-order valence-corrected chi connectivity index (χ0v) is 10.3. The summed E-state index contributed by atoms with van der Waals surface area (Å²) in [6, 6.07) is 5.70. The van der Waals surface area contributed by atoms with Crippen molar-refractivity contribution in [3.63, 3.8) is 0 Å². The van der Waals surface area contributed by atoms with E-state index in [0.29, 0.717) is 23.6 Å². The Morgan fingerprint density at radius 2 is 2.18 bits per heavy atom. The van der Waals surface area contributed by atoms with E-state index in [1.165, 1.54) is 6.42 Å². The van der Waals surface area contributed by atoms with Crippen molar-refractivity contribution in [1.82, 2.24) is 14.6 Å². The molecule has 2 fully saturated rings. The highest BCUT2D eigenvalue weighted by atomic mass is 32.1. The predicted molar refractivity (Wildman–Crippen MR) is 67.6 cm³/mol. The van der Waals surface area contributed by atoms with Crippen LogP contribution in [0.4, 0.5) is 0 Å². The fourth-order valence-electron chi connectivity index (χ4n) is 2.82. The number of fused-ring (bicyclic) bond motifs is 2. The number of nitrogens with zero attached hydrogens (tertiary/aromatic N) is 2. The number of pyridine rings is 1. The van der Waals surface area contributed by atoms with E-state index >= 15 is 0 Å². The normalized spacial score (nSPS) is 31.7. The van der Waals surface area contributed by atoms with Gasteiger partial charge in [-0.2, -0.15) is 0 Å². The molecule has 1 amide bonds. The van der Waals surface area contributed by atoms with Gasteiger partial charge in [-0.05, 0) is 30.4 Å². The summed E-state index contributed by atoms with van der Waals surface area (Å²) in [6.07, 6.45) is 2.86. The van der Waals surface area contributed by atoms with E-state index in [1.54, 1.807) is 12.3 Å². The Morgan fingerprint density at radius 1 is 1.41 bits per heavy atom. The highest BCUT2D eigenvalue weighted by Gasteiger charge is 2.46. The van der Waals surface area contributed by atoms with Crippen LogP contribution in [-0.4, -0.2) is 34.3 Å². The highest BCUT2D eigenvalue weighted by molar-refractivity contribution is 7.77. The molecule has 90 valence electrons. The summed E-state index contributed by atoms with van der Waals surface area (Å²) in [7, 11) is 0. The molecule has 2 bridgehead atoms. The standard InChI is InChI=1S/C12H15N3OS/c16-12(10-3-1-2-4-13-10)14-11-8-5-9(11)7-15(17)6-8/h1-4,8-9,11,17H,5-7H2,(H,14,16). The number of nitrogens with one attached hydrogen (secondary N) is 1. The molecule has 1 N–H and O–H groups in total. The number of carbonyl (C=O) groups is 1. The number of carbonyl (C=O) groups excluding carboxylic acids is 1. The van der Waals surface area contributed by atoms with Gasteiger partial charge in [0.15, 0.2) is 0 Å². The van der Waals surface area contributed by atoms with Gasteiger partial charge in [-0.3, -0.25) is 14.1 Å². The summed E-state index contributed by atoms with van der Waals surface area (Å²) in [5.74, 6) is 1.05. The molecule has 1 aromatic rings. The van der Waals surface area contributed by atoms with Gasteiger partial charge in [-0.15, -0.1) is 0 Å². The lowest BCUT2D eigenvalue weighted by molar-refractivity contribution is 0.0269. The molecule has 4 nitrogen and oxygen atoms in total. The lowest BCUT2D eigenvalue weighted by Crippen LogP contribution is -2.62. The van der Waals surface area contributed by atoms with Gasteiger partial charge in [0.25, 0.3) is 5.91 Å². The van der Waals surface area contributed by atoms with Crippen molar-refractivity contribution in [2.45, 2.75) is 12.5 Å². The molecule has 0 spiro atoms. The molecule has 1 aliphatic heterocycles. The Labute approximate surface area is 106 Å². The largest absolute Gasteiger partial charge is 0.347 e. The molecule has 2 unspecified atom stereocenters. The van der Waals surface area contributed by atoms with Crippen molar-refractivity contribution in [3.8, 4) is 0 Å². The molecule has 3 rings (SSSR count). The Bertz CT molecular complexity index is 413. The maximum Gasteiger partial charge on any atom is 0.270 e. The van der Waals surface area contributed by atoms with Crippen LogP contribution in [0.2, 0.25) is 0 Å². The van der Waals surface area contributed by atoms with Gasteiger partial charge in [0, 0.05) is 25.3 Å². The quantitative estimate of drug-likeness (QED) is 0.768. The topological polar surface area (TPSA) is 45.2 Å². The van der Waals surface area contributed by atoms with Crippen molar-refractivity contribution in [1.29, 1.82) is 0 Å². The Kier molecular flexibility index (Phi) is 2.80. The number of rotatable bonds is 2. The van der Waals surface area contributed by atoms with Gasteiger partial charge in [0.05, 0.1) is 0 Å². The molecule has 1 aromatic heterocycles. The van der Waals surface area contributed by atoms with Crippen LogP contribution in [0.1, 0.15) is 16.9 Å². The highest BCUT2D eigenvalue weighted by Crippen LogP contribution is 2.40. The lowest BCUT2D eigenvalue weighted by Gasteiger charge is -2.52. The first-order valence-electron chi connectivity index (χ1n) is 5.90. The predicted octanol–water partition coefficient (Wildman–Crippen LogP) is 0.977. The molecule has 2 heterocycles. The minimum Gasteiger partial charge on any atom is -0.347 e. The second kappa shape index (κ2) is 4.31. The van der Waals surface area contributed by atoms with E-state index in [1.807, 2.05) is 16.4 Å². The zero-order valence-electron chi connectivity index (χ0n) is 9.41. The minimum atomic E-state index is -0.0575. The third-order valence-corrected chi connectivity index (χ3v) is 4.03. The van der Waals surface area contributed by atoms with E-state index in [0.717, 1.165) is 13.1 Å². The van der Waals surface area contributed by atoms with Gasteiger partial charge >= 0.3 is 0 Å². The van der Waals surface area contributed by atoms with Crippen LogP contribution in [0.15, 0.2) is 24.4 Å². The SMILES string of the molecule is O=C(NC1C2CC1CN(S)C2)c1ccccn1. The van der Waals surface area contributed by atoms with Crippen LogP contribution in [0.25, 0.3) is 0 Å². The van der Waals surface area contributed by atoms with Crippen LogP contribution in [0.5, 0.6) is 0 Å². The maximum atomic E-state index is 12.0. The average molecular weight is 249 g/mol. The summed E-state index contributed by atoms with van der Waals surface area (Å²) in [5.41, 5.74) is 0.500. The molecule has 2 atom stereocenters. The monoisotopic (exact) mass is 249 g/mol. The average Bonchev–Trinajstić information content (AvgIpc) is 2.36. The first kappa shape index (κ1) is 11.0. The fraction of sp³-hybridized carbons (Fsp3) is 0.500. The van der Waals surface area contributed by atoms with Crippen molar-refractivity contribution >= 4 is 18.7 Å². The molecule has 1 saturated carbocycles. The number of aromatic nitrogens is 1. The van der Waals surface area contributed by atoms with Crippen molar-refractivity contribution in [2.24, 2.45) is 11.8 Å². The Hall–Kier alpha value is -1.07. The van der Waals surface area contributed by atoms with Crippen LogP contribution >= 0.6 is 12.8 Å². The summed E-state index contributed by atoms with van der Waals surface area (Å²) < 4.78 is 2.04. The van der Waals surface area contributed by atoms with E-state index in [-0.39, 0.29) is 5.91 Å². The smallest absolute Gasteiger partial charge is 0.270 e. The van der Waals surface area contributed by atoms with Gasteiger partial charge in [0.2, 0.25) is 0 Å². The van der Waals surface area contributed by atoms with Crippen molar-refractivity contribution < 1.29 is 4.79 Å². The van der Waals surface area contributed by atoms with Gasteiger partial charge in [-0.1, -0.05) is 18.9 Å². The molecule has 2 aliphatic rings. The second-order valence-electron chi connectivity index (χ2n) is 4.84. The molecule has 0 radical (unpaired) electrons. The van der Waals surface area contributed by atoms with Crippen LogP contribution in [0.3, 0.4) is 0 Å². The summed E-state index contributed by atoms with van der Waals surface area (Å²) in [6.45, 7) is 1.93. The number of hydrogen-bond acceptors (Lipinski definition) is 4. The lowest BCUT2D eigenvalue weighted by atomic mass is 9.67. The van der Waals surface area contributed by atoms with Crippen LogP contribution in [0, 0.1) is 11.8 Å². The van der Waals surface area contributed by atoms with E-state index < -0.39 is 0 Å². The zero-order chi connectivity index (χ0) is 11.8. The minimum absolute atomic E-state index is 0.0575. The first-order valence-corrected chi connectivity index (χ1v) is 6.30. The molecular formula is C12H15N3OS. The van der Waals surface area contributed by atoms with E-state index in [9.17, 15) is 4.79 Å². The molecule has 17 heavy (non-hydrogen) atoms. The number of amides is 1. The van der Waals surface area contributed by atoms with Crippen LogP contribution in [-0.2, 0) is 0 Å². The van der Waals surface area contributed by atoms with E-state index in [2.05, 4.69) is 23.1 Å². The molecule has 1 saturated heterocycles. The molecule has 1 aliphatic carbocycles.